The molecule has 2 rings (SSSR count). The van der Waals surface area contributed by atoms with E-state index in [9.17, 15) is 4.79 Å². The van der Waals surface area contributed by atoms with Gasteiger partial charge in [0.05, 0.1) is 10.9 Å². The van der Waals surface area contributed by atoms with Crippen molar-refractivity contribution in [3.8, 4) is 0 Å². The van der Waals surface area contributed by atoms with Crippen LogP contribution in [0.15, 0.2) is 30.3 Å². The minimum atomic E-state index is 0.0118. The zero-order valence-corrected chi connectivity index (χ0v) is 10.7. The van der Waals surface area contributed by atoms with Gasteiger partial charge < -0.3 is 0 Å². The summed E-state index contributed by atoms with van der Waals surface area (Å²) in [5.41, 5.74) is 0.878. The molecule has 1 heterocycles. The van der Waals surface area contributed by atoms with Gasteiger partial charge in [0.1, 0.15) is 4.32 Å². The van der Waals surface area contributed by atoms with Crippen molar-refractivity contribution in [3.05, 3.63) is 30.3 Å². The van der Waals surface area contributed by atoms with E-state index in [1.807, 2.05) is 30.3 Å². The molecule has 0 spiro atoms. The molecule has 0 aliphatic carbocycles. The van der Waals surface area contributed by atoms with Crippen LogP contribution in [0, 0.1) is 0 Å². The van der Waals surface area contributed by atoms with E-state index in [4.69, 9.17) is 12.2 Å². The fraction of sp³-hybridized carbons (Fsp3) is 0.333. The van der Waals surface area contributed by atoms with E-state index in [2.05, 4.69) is 6.92 Å². The van der Waals surface area contributed by atoms with Crippen molar-refractivity contribution in [1.29, 1.82) is 0 Å². The number of hydrogen-bond acceptors (Lipinski definition) is 3. The van der Waals surface area contributed by atoms with Crippen LogP contribution in [0.25, 0.3) is 0 Å². The zero-order valence-electron chi connectivity index (χ0n) is 9.05. The molecule has 16 heavy (non-hydrogen) atoms. The smallest absolute Gasteiger partial charge is 0.246 e. The molecule has 0 radical (unpaired) electrons. The number of carbonyl (C=O) groups is 1. The highest BCUT2D eigenvalue weighted by atomic mass is 32.2. The average Bonchev–Trinajstić information content (AvgIpc) is 2.56. The maximum atomic E-state index is 12.1. The first-order valence-electron chi connectivity index (χ1n) is 5.33. The van der Waals surface area contributed by atoms with Crippen LogP contribution in [0.1, 0.15) is 19.8 Å². The van der Waals surface area contributed by atoms with Gasteiger partial charge in [0, 0.05) is 0 Å². The molecule has 1 aliphatic rings. The minimum Gasteiger partial charge on any atom is -0.273 e. The SMILES string of the molecule is CCCC1SC(=S)N(c2ccccc2)C1=O. The maximum absolute atomic E-state index is 12.1. The van der Waals surface area contributed by atoms with Crippen molar-refractivity contribution in [2.75, 3.05) is 4.90 Å². The highest BCUT2D eigenvalue weighted by molar-refractivity contribution is 8.25. The Hall–Kier alpha value is -0.870. The molecular formula is C12H13NOS2. The van der Waals surface area contributed by atoms with Gasteiger partial charge >= 0.3 is 0 Å². The summed E-state index contributed by atoms with van der Waals surface area (Å²) in [6.45, 7) is 2.09. The second kappa shape index (κ2) is 4.97. The van der Waals surface area contributed by atoms with Crippen LogP contribution in [0.4, 0.5) is 5.69 Å². The van der Waals surface area contributed by atoms with Crippen molar-refractivity contribution in [1.82, 2.24) is 0 Å². The average molecular weight is 251 g/mol. The summed E-state index contributed by atoms with van der Waals surface area (Å²) in [5.74, 6) is 0.128. The molecule has 1 unspecified atom stereocenters. The molecule has 1 fully saturated rings. The lowest BCUT2D eigenvalue weighted by atomic mass is 10.2. The maximum Gasteiger partial charge on any atom is 0.246 e. The van der Waals surface area contributed by atoms with E-state index in [-0.39, 0.29) is 11.2 Å². The summed E-state index contributed by atoms with van der Waals surface area (Å²) in [6.07, 6.45) is 1.90. The van der Waals surface area contributed by atoms with E-state index in [0.29, 0.717) is 4.32 Å². The fourth-order valence-corrected chi connectivity index (χ4v) is 3.36. The van der Waals surface area contributed by atoms with Crippen LogP contribution in [-0.2, 0) is 4.79 Å². The van der Waals surface area contributed by atoms with Crippen molar-refractivity contribution < 1.29 is 4.79 Å². The highest BCUT2D eigenvalue weighted by Gasteiger charge is 2.36. The lowest BCUT2D eigenvalue weighted by Crippen LogP contribution is -2.31. The van der Waals surface area contributed by atoms with Crippen LogP contribution in [0.3, 0.4) is 0 Å². The molecule has 0 N–H and O–H groups in total. The van der Waals surface area contributed by atoms with Crippen LogP contribution in [-0.4, -0.2) is 15.5 Å². The third-order valence-electron chi connectivity index (χ3n) is 2.49. The number of thioether (sulfide) groups is 1. The van der Waals surface area contributed by atoms with Gasteiger partial charge in [-0.25, -0.2) is 0 Å². The van der Waals surface area contributed by atoms with Crippen LogP contribution < -0.4 is 4.90 Å². The van der Waals surface area contributed by atoms with Crippen LogP contribution >= 0.6 is 24.0 Å². The van der Waals surface area contributed by atoms with Gasteiger partial charge in [-0.1, -0.05) is 55.5 Å². The van der Waals surface area contributed by atoms with E-state index >= 15 is 0 Å². The van der Waals surface area contributed by atoms with E-state index in [1.54, 1.807) is 4.90 Å². The molecule has 1 saturated heterocycles. The molecular weight excluding hydrogens is 238 g/mol. The number of carbonyl (C=O) groups excluding carboxylic acids is 1. The molecule has 1 amide bonds. The van der Waals surface area contributed by atoms with Gasteiger partial charge in [-0.15, -0.1) is 0 Å². The van der Waals surface area contributed by atoms with E-state index in [0.717, 1.165) is 18.5 Å². The van der Waals surface area contributed by atoms with Crippen molar-refractivity contribution in [2.24, 2.45) is 0 Å². The number of para-hydroxylation sites is 1. The third kappa shape index (κ3) is 2.13. The molecule has 1 aromatic rings. The minimum absolute atomic E-state index is 0.0118. The first-order valence-corrected chi connectivity index (χ1v) is 6.62. The molecule has 0 aromatic heterocycles. The van der Waals surface area contributed by atoms with E-state index < -0.39 is 0 Å². The second-order valence-corrected chi connectivity index (χ2v) is 5.51. The first kappa shape index (κ1) is 11.6. The van der Waals surface area contributed by atoms with Crippen molar-refractivity contribution in [3.63, 3.8) is 0 Å². The number of nitrogens with zero attached hydrogens (tertiary/aromatic N) is 1. The number of thiocarbonyl (C=S) groups is 1. The normalized spacial score (nSPS) is 20.6. The van der Waals surface area contributed by atoms with Gasteiger partial charge in [-0.05, 0) is 18.6 Å². The van der Waals surface area contributed by atoms with E-state index in [1.165, 1.54) is 11.8 Å². The Kier molecular flexibility index (Phi) is 3.61. The zero-order chi connectivity index (χ0) is 11.5. The lowest BCUT2D eigenvalue weighted by Gasteiger charge is -2.15. The highest BCUT2D eigenvalue weighted by Crippen LogP contribution is 2.33. The Labute approximate surface area is 105 Å². The predicted molar refractivity (Wildman–Crippen MR) is 72.8 cm³/mol. The second-order valence-electron chi connectivity index (χ2n) is 3.67. The Morgan fingerprint density at radius 3 is 2.69 bits per heavy atom. The van der Waals surface area contributed by atoms with Gasteiger partial charge in [0.25, 0.3) is 0 Å². The number of amides is 1. The summed E-state index contributed by atoms with van der Waals surface area (Å²) < 4.78 is 0.676. The molecule has 1 atom stereocenters. The van der Waals surface area contributed by atoms with Gasteiger partial charge in [0.15, 0.2) is 0 Å². The number of benzene rings is 1. The summed E-state index contributed by atoms with van der Waals surface area (Å²) in [6, 6.07) is 9.61. The Morgan fingerprint density at radius 2 is 2.06 bits per heavy atom. The largest absolute Gasteiger partial charge is 0.273 e. The Morgan fingerprint density at radius 1 is 1.38 bits per heavy atom. The molecule has 84 valence electrons. The van der Waals surface area contributed by atoms with Gasteiger partial charge in [0.2, 0.25) is 5.91 Å². The molecule has 0 bridgehead atoms. The van der Waals surface area contributed by atoms with Gasteiger partial charge in [-0.3, -0.25) is 9.69 Å². The van der Waals surface area contributed by atoms with Gasteiger partial charge in [-0.2, -0.15) is 0 Å². The number of anilines is 1. The number of rotatable bonds is 3. The van der Waals surface area contributed by atoms with Crippen LogP contribution in [0.2, 0.25) is 0 Å². The third-order valence-corrected chi connectivity index (χ3v) is 4.06. The molecule has 0 saturated carbocycles. The molecule has 2 nitrogen and oxygen atoms in total. The predicted octanol–water partition coefficient (Wildman–Crippen LogP) is 3.22. The monoisotopic (exact) mass is 251 g/mol. The summed E-state index contributed by atoms with van der Waals surface area (Å²) in [7, 11) is 0. The molecule has 4 heteroatoms. The summed E-state index contributed by atoms with van der Waals surface area (Å²) in [4.78, 5) is 13.8. The van der Waals surface area contributed by atoms with Crippen LogP contribution in [0.5, 0.6) is 0 Å². The summed E-state index contributed by atoms with van der Waals surface area (Å²) in [5, 5.41) is 0.0118. The fourth-order valence-electron chi connectivity index (χ4n) is 1.71. The quantitative estimate of drug-likeness (QED) is 0.769. The lowest BCUT2D eigenvalue weighted by molar-refractivity contribution is -0.117. The molecule has 1 aromatic carbocycles. The topological polar surface area (TPSA) is 20.3 Å². The Bertz CT molecular complexity index is 405. The summed E-state index contributed by atoms with van der Waals surface area (Å²) >= 11 is 6.77. The first-order chi connectivity index (χ1) is 7.74. The standard InChI is InChI=1S/C12H13NOS2/c1-2-6-10-11(14)13(12(15)16-10)9-7-4-3-5-8-9/h3-5,7-8,10H,2,6H2,1H3. The Balaban J connectivity index is 2.23. The molecule has 1 aliphatic heterocycles. The van der Waals surface area contributed by atoms with Crippen molar-refractivity contribution >= 4 is 39.9 Å². The van der Waals surface area contributed by atoms with Crippen molar-refractivity contribution in [2.45, 2.75) is 25.0 Å². The number of hydrogen-bond donors (Lipinski definition) is 0.